The average Bonchev–Trinajstić information content (AvgIpc) is 2.66. The Morgan fingerprint density at radius 2 is 1.73 bits per heavy atom. The maximum Gasteiger partial charge on any atom is 0.242 e. The Kier molecular flexibility index (Phi) is 5.56. The number of hydrogen-bond acceptors (Lipinski definition) is 3. The van der Waals surface area contributed by atoms with Crippen LogP contribution in [-0.4, -0.2) is 48.8 Å². The van der Waals surface area contributed by atoms with Crippen LogP contribution in [0.1, 0.15) is 16.7 Å². The molecular weight excluding hydrogens is 326 g/mol. The highest BCUT2D eigenvalue weighted by molar-refractivity contribution is 5.83. The van der Waals surface area contributed by atoms with E-state index in [0.717, 1.165) is 24.2 Å². The molecule has 0 bridgehead atoms. The minimum absolute atomic E-state index is 0.0400. The zero-order valence-electron chi connectivity index (χ0n) is 15.4. The van der Waals surface area contributed by atoms with E-state index >= 15 is 0 Å². The van der Waals surface area contributed by atoms with Gasteiger partial charge in [-0.1, -0.05) is 42.5 Å². The Morgan fingerprint density at radius 1 is 1.04 bits per heavy atom. The lowest BCUT2D eigenvalue weighted by molar-refractivity contribution is -0.130. The monoisotopic (exact) mass is 351 g/mol. The lowest BCUT2D eigenvalue weighted by Gasteiger charge is -2.29. The molecule has 26 heavy (non-hydrogen) atoms. The summed E-state index contributed by atoms with van der Waals surface area (Å²) in [5, 5.41) is 3.22. The molecule has 2 amide bonds. The number of likely N-dealkylation sites (N-methyl/N-ethyl adjacent to an activating group) is 1. The fraction of sp³-hybridized carbons (Fsp3) is 0.333. The van der Waals surface area contributed by atoms with Gasteiger partial charge < -0.3 is 15.1 Å². The zero-order chi connectivity index (χ0) is 18.5. The summed E-state index contributed by atoms with van der Waals surface area (Å²) in [6, 6.07) is 15.9. The maximum absolute atomic E-state index is 12.6. The van der Waals surface area contributed by atoms with Gasteiger partial charge in [-0.25, -0.2) is 0 Å². The number of rotatable bonds is 5. The van der Waals surface area contributed by atoms with Gasteiger partial charge in [-0.15, -0.1) is 0 Å². The first-order valence-electron chi connectivity index (χ1n) is 8.91. The van der Waals surface area contributed by atoms with Crippen molar-refractivity contribution in [2.45, 2.75) is 19.4 Å². The topological polar surface area (TPSA) is 52.7 Å². The molecule has 2 aromatic carbocycles. The van der Waals surface area contributed by atoms with Crippen molar-refractivity contribution in [1.82, 2.24) is 9.80 Å². The number of benzene rings is 2. The Labute approximate surface area is 154 Å². The third-order valence-corrected chi connectivity index (χ3v) is 4.77. The number of carbonyl (C=O) groups excluding carboxylic acids is 2. The number of carbonyl (C=O) groups is 2. The number of nitrogens with one attached hydrogen (secondary N) is 1. The second kappa shape index (κ2) is 8.04. The molecule has 0 radical (unpaired) electrons. The van der Waals surface area contributed by atoms with Crippen molar-refractivity contribution in [2.75, 3.05) is 32.5 Å². The fourth-order valence-corrected chi connectivity index (χ4v) is 3.16. The van der Waals surface area contributed by atoms with E-state index in [0.29, 0.717) is 13.0 Å². The van der Waals surface area contributed by atoms with Crippen LogP contribution in [0.4, 0.5) is 5.69 Å². The first-order valence-corrected chi connectivity index (χ1v) is 8.91. The van der Waals surface area contributed by atoms with E-state index in [9.17, 15) is 9.59 Å². The molecule has 0 unspecified atom stereocenters. The molecule has 3 rings (SSSR count). The molecule has 0 atom stereocenters. The Bertz CT molecular complexity index is 801. The lowest BCUT2D eigenvalue weighted by Crippen LogP contribution is -2.39. The molecule has 1 aliphatic rings. The number of anilines is 1. The molecule has 0 saturated heterocycles. The average molecular weight is 351 g/mol. The van der Waals surface area contributed by atoms with Gasteiger partial charge in [0.2, 0.25) is 11.8 Å². The van der Waals surface area contributed by atoms with Gasteiger partial charge in [-0.2, -0.15) is 0 Å². The predicted octanol–water partition coefficient (Wildman–Crippen LogP) is 2.31. The minimum atomic E-state index is 0.0400. The zero-order valence-corrected chi connectivity index (χ0v) is 15.4. The van der Waals surface area contributed by atoms with Gasteiger partial charge in [0.25, 0.3) is 0 Å². The van der Waals surface area contributed by atoms with Gasteiger partial charge in [-0.05, 0) is 29.2 Å². The van der Waals surface area contributed by atoms with Crippen molar-refractivity contribution >= 4 is 17.5 Å². The van der Waals surface area contributed by atoms with Gasteiger partial charge >= 0.3 is 0 Å². The summed E-state index contributed by atoms with van der Waals surface area (Å²) < 4.78 is 0. The maximum atomic E-state index is 12.6. The van der Waals surface area contributed by atoms with E-state index in [2.05, 4.69) is 17.4 Å². The first-order chi connectivity index (χ1) is 12.5. The molecule has 0 spiro atoms. The smallest absolute Gasteiger partial charge is 0.242 e. The van der Waals surface area contributed by atoms with Gasteiger partial charge in [0.1, 0.15) is 0 Å². The van der Waals surface area contributed by atoms with Crippen LogP contribution in [0.2, 0.25) is 0 Å². The molecule has 136 valence electrons. The van der Waals surface area contributed by atoms with Crippen LogP contribution >= 0.6 is 0 Å². The van der Waals surface area contributed by atoms with Crippen LogP contribution in [0.5, 0.6) is 0 Å². The van der Waals surface area contributed by atoms with Gasteiger partial charge in [0, 0.05) is 32.9 Å². The summed E-state index contributed by atoms with van der Waals surface area (Å²) >= 11 is 0. The van der Waals surface area contributed by atoms with Crippen molar-refractivity contribution in [1.29, 1.82) is 0 Å². The lowest BCUT2D eigenvalue weighted by atomic mass is 10.00. The normalized spacial score (nSPS) is 13.1. The van der Waals surface area contributed by atoms with Gasteiger partial charge in [0.15, 0.2) is 0 Å². The summed E-state index contributed by atoms with van der Waals surface area (Å²) in [6.07, 6.45) is 1.22. The minimum Gasteiger partial charge on any atom is -0.376 e. The quantitative estimate of drug-likeness (QED) is 0.899. The van der Waals surface area contributed by atoms with Crippen molar-refractivity contribution in [2.24, 2.45) is 0 Å². The molecule has 1 heterocycles. The second-order valence-electron chi connectivity index (χ2n) is 6.81. The van der Waals surface area contributed by atoms with Crippen molar-refractivity contribution in [3.8, 4) is 0 Å². The molecular formula is C21H25N3O2. The summed E-state index contributed by atoms with van der Waals surface area (Å²) in [4.78, 5) is 28.1. The van der Waals surface area contributed by atoms with Crippen LogP contribution in [-0.2, 0) is 29.0 Å². The van der Waals surface area contributed by atoms with E-state index in [1.165, 1.54) is 11.1 Å². The third kappa shape index (κ3) is 4.23. The van der Waals surface area contributed by atoms with E-state index < -0.39 is 0 Å². The summed E-state index contributed by atoms with van der Waals surface area (Å²) in [5.74, 6) is 0.117. The summed E-state index contributed by atoms with van der Waals surface area (Å²) in [6.45, 7) is 1.64. The molecule has 0 aliphatic carbocycles. The highest BCUT2D eigenvalue weighted by Gasteiger charge is 2.20. The molecule has 2 aromatic rings. The van der Waals surface area contributed by atoms with Gasteiger partial charge in [0.05, 0.1) is 13.0 Å². The van der Waals surface area contributed by atoms with Crippen molar-refractivity contribution in [3.63, 3.8) is 0 Å². The molecule has 0 saturated carbocycles. The Balaban J connectivity index is 1.61. The molecule has 1 aliphatic heterocycles. The predicted molar refractivity (Wildman–Crippen MR) is 103 cm³/mol. The highest BCUT2D eigenvalue weighted by atomic mass is 16.2. The molecule has 5 nitrogen and oxygen atoms in total. The highest BCUT2D eigenvalue weighted by Crippen LogP contribution is 2.19. The first kappa shape index (κ1) is 18.0. The van der Waals surface area contributed by atoms with E-state index in [4.69, 9.17) is 0 Å². The number of nitrogens with zero attached hydrogens (tertiary/aromatic N) is 2. The van der Waals surface area contributed by atoms with Crippen LogP contribution in [0.3, 0.4) is 0 Å². The molecule has 5 heteroatoms. The summed E-state index contributed by atoms with van der Waals surface area (Å²) in [5.41, 5.74) is 4.30. The molecule has 0 fully saturated rings. The van der Waals surface area contributed by atoms with Crippen LogP contribution < -0.4 is 5.32 Å². The number of fused-ring (bicyclic) bond motifs is 1. The largest absolute Gasteiger partial charge is 0.376 e. The van der Waals surface area contributed by atoms with Crippen molar-refractivity contribution < 1.29 is 9.59 Å². The van der Waals surface area contributed by atoms with E-state index in [-0.39, 0.29) is 18.4 Å². The Morgan fingerprint density at radius 3 is 2.50 bits per heavy atom. The van der Waals surface area contributed by atoms with E-state index in [1.807, 2.05) is 41.3 Å². The SMILES string of the molecule is CN(C)C(=O)Cc1ccccc1NCC(=O)N1CCc2ccccc2C1. The number of amides is 2. The van der Waals surface area contributed by atoms with Gasteiger partial charge in [-0.3, -0.25) is 9.59 Å². The summed E-state index contributed by atoms with van der Waals surface area (Å²) in [7, 11) is 3.49. The van der Waals surface area contributed by atoms with Crippen LogP contribution in [0.25, 0.3) is 0 Å². The fourth-order valence-electron chi connectivity index (χ4n) is 3.16. The number of para-hydroxylation sites is 1. The molecule has 1 N–H and O–H groups in total. The van der Waals surface area contributed by atoms with Crippen LogP contribution in [0.15, 0.2) is 48.5 Å². The number of hydrogen-bond donors (Lipinski definition) is 1. The van der Waals surface area contributed by atoms with E-state index in [1.54, 1.807) is 19.0 Å². The second-order valence-corrected chi connectivity index (χ2v) is 6.81. The molecule has 0 aromatic heterocycles. The van der Waals surface area contributed by atoms with Crippen LogP contribution in [0, 0.1) is 0 Å². The third-order valence-electron chi connectivity index (χ3n) is 4.77. The Hall–Kier alpha value is -2.82. The van der Waals surface area contributed by atoms with Crippen molar-refractivity contribution in [3.05, 3.63) is 65.2 Å². The standard InChI is InChI=1S/C21H25N3O2/c1-23(2)20(25)13-17-8-5-6-10-19(17)22-14-21(26)24-12-11-16-7-3-4-9-18(16)15-24/h3-10,22H,11-15H2,1-2H3.